The molecule has 1 N–H and O–H groups in total. The van der Waals surface area contributed by atoms with E-state index in [1.807, 2.05) is 16.5 Å². The number of rotatable bonds is 2. The van der Waals surface area contributed by atoms with Crippen molar-refractivity contribution in [3.8, 4) is 0 Å². The summed E-state index contributed by atoms with van der Waals surface area (Å²) in [6, 6.07) is 0. The van der Waals surface area contributed by atoms with E-state index in [-0.39, 0.29) is 11.4 Å². The van der Waals surface area contributed by atoms with Gasteiger partial charge in [0.1, 0.15) is 12.2 Å². The molecule has 0 bridgehead atoms. The Morgan fingerprint density at radius 3 is 2.95 bits per heavy atom. The average Bonchev–Trinajstić information content (AvgIpc) is 2.93. The lowest BCUT2D eigenvalue weighted by atomic mass is 9.87. The van der Waals surface area contributed by atoms with Gasteiger partial charge in [0.05, 0.1) is 5.54 Å². The van der Waals surface area contributed by atoms with Gasteiger partial charge in [0, 0.05) is 26.1 Å². The molecule has 2 saturated heterocycles. The highest BCUT2D eigenvalue weighted by Crippen LogP contribution is 2.28. The molecule has 1 aromatic rings. The van der Waals surface area contributed by atoms with Crippen LogP contribution in [0.5, 0.6) is 0 Å². The second kappa shape index (κ2) is 5.75. The summed E-state index contributed by atoms with van der Waals surface area (Å²) in [6.45, 7) is 4.64. The van der Waals surface area contributed by atoms with Crippen LogP contribution in [0, 0.1) is 0 Å². The predicted molar refractivity (Wildman–Crippen MR) is 79.8 cm³/mol. The maximum Gasteiger partial charge on any atom is 0.242 e. The summed E-state index contributed by atoms with van der Waals surface area (Å²) >= 11 is 0. The molecule has 2 aliphatic rings. The standard InChI is InChI=1S/C15H25N5O/c1-15(7-3-4-8-16-15)14(21)20-9-5-6-12(10-20)13-18-17-11-19(13)2/h11-12,16H,3-10H2,1-2H3. The fraction of sp³-hybridized carbons (Fsp3) is 0.800. The van der Waals surface area contributed by atoms with E-state index in [2.05, 4.69) is 22.4 Å². The second-order valence-corrected chi connectivity index (χ2v) is 6.61. The topological polar surface area (TPSA) is 63.1 Å². The molecule has 2 atom stereocenters. The first-order valence-corrected chi connectivity index (χ1v) is 7.98. The van der Waals surface area contributed by atoms with Crippen molar-refractivity contribution in [1.82, 2.24) is 25.0 Å². The summed E-state index contributed by atoms with van der Waals surface area (Å²) < 4.78 is 1.97. The Morgan fingerprint density at radius 1 is 1.43 bits per heavy atom. The van der Waals surface area contributed by atoms with Gasteiger partial charge in [0.2, 0.25) is 5.91 Å². The van der Waals surface area contributed by atoms with Gasteiger partial charge in [-0.2, -0.15) is 0 Å². The fourth-order valence-corrected chi connectivity index (χ4v) is 3.62. The van der Waals surface area contributed by atoms with Gasteiger partial charge in [-0.05, 0) is 45.6 Å². The van der Waals surface area contributed by atoms with Crippen molar-refractivity contribution in [3.05, 3.63) is 12.2 Å². The van der Waals surface area contributed by atoms with Crippen LogP contribution in [0.3, 0.4) is 0 Å². The minimum atomic E-state index is -0.375. The molecule has 3 heterocycles. The highest BCUT2D eigenvalue weighted by atomic mass is 16.2. The van der Waals surface area contributed by atoms with Crippen LogP contribution in [0.15, 0.2) is 6.33 Å². The van der Waals surface area contributed by atoms with E-state index in [1.54, 1.807) is 6.33 Å². The number of aryl methyl sites for hydroxylation is 1. The van der Waals surface area contributed by atoms with Crippen molar-refractivity contribution in [2.24, 2.45) is 7.05 Å². The van der Waals surface area contributed by atoms with Crippen molar-refractivity contribution in [1.29, 1.82) is 0 Å². The Morgan fingerprint density at radius 2 is 2.29 bits per heavy atom. The molecule has 6 heteroatoms. The molecule has 1 aromatic heterocycles. The third-order valence-corrected chi connectivity index (χ3v) is 4.91. The molecule has 0 aliphatic carbocycles. The number of carbonyl (C=O) groups is 1. The van der Waals surface area contributed by atoms with Crippen molar-refractivity contribution in [3.63, 3.8) is 0 Å². The van der Waals surface area contributed by atoms with Crippen LogP contribution in [0.1, 0.15) is 50.8 Å². The Hall–Kier alpha value is -1.43. The van der Waals surface area contributed by atoms with Crippen LogP contribution in [-0.2, 0) is 11.8 Å². The molecule has 1 amide bonds. The molecule has 6 nitrogen and oxygen atoms in total. The number of likely N-dealkylation sites (tertiary alicyclic amines) is 1. The van der Waals surface area contributed by atoms with Gasteiger partial charge >= 0.3 is 0 Å². The number of nitrogens with one attached hydrogen (secondary N) is 1. The molecule has 116 valence electrons. The summed E-state index contributed by atoms with van der Waals surface area (Å²) in [5.41, 5.74) is -0.375. The molecule has 0 radical (unpaired) electrons. The summed E-state index contributed by atoms with van der Waals surface area (Å²) in [5, 5.41) is 11.6. The van der Waals surface area contributed by atoms with Gasteiger partial charge in [-0.1, -0.05) is 0 Å². The van der Waals surface area contributed by atoms with Crippen molar-refractivity contribution < 1.29 is 4.79 Å². The number of carbonyl (C=O) groups excluding carboxylic acids is 1. The number of piperidine rings is 2. The second-order valence-electron chi connectivity index (χ2n) is 6.61. The van der Waals surface area contributed by atoms with Gasteiger partial charge in [0.15, 0.2) is 0 Å². The molecule has 0 aromatic carbocycles. The maximum atomic E-state index is 12.9. The van der Waals surface area contributed by atoms with Crippen LogP contribution in [0.2, 0.25) is 0 Å². The van der Waals surface area contributed by atoms with E-state index >= 15 is 0 Å². The van der Waals surface area contributed by atoms with Gasteiger partial charge in [0.25, 0.3) is 0 Å². The fourth-order valence-electron chi connectivity index (χ4n) is 3.62. The number of nitrogens with zero attached hydrogens (tertiary/aromatic N) is 4. The first-order chi connectivity index (χ1) is 10.1. The van der Waals surface area contributed by atoms with Crippen LogP contribution in [-0.4, -0.2) is 50.7 Å². The molecular weight excluding hydrogens is 266 g/mol. The molecular formula is C15H25N5O. The van der Waals surface area contributed by atoms with E-state index in [0.717, 1.165) is 51.1 Å². The normalized spacial score (nSPS) is 30.4. The zero-order valence-electron chi connectivity index (χ0n) is 13.0. The maximum absolute atomic E-state index is 12.9. The quantitative estimate of drug-likeness (QED) is 0.885. The van der Waals surface area contributed by atoms with Gasteiger partial charge in [-0.25, -0.2) is 0 Å². The third-order valence-electron chi connectivity index (χ3n) is 4.91. The Labute approximate surface area is 125 Å². The summed E-state index contributed by atoms with van der Waals surface area (Å²) in [7, 11) is 1.97. The summed E-state index contributed by atoms with van der Waals surface area (Å²) in [6.07, 6.45) is 7.11. The highest BCUT2D eigenvalue weighted by molar-refractivity contribution is 5.86. The lowest BCUT2D eigenvalue weighted by Crippen LogP contribution is -2.59. The van der Waals surface area contributed by atoms with Gasteiger partial charge < -0.3 is 14.8 Å². The first-order valence-electron chi connectivity index (χ1n) is 7.98. The van der Waals surface area contributed by atoms with Crippen molar-refractivity contribution in [2.45, 2.75) is 50.5 Å². The van der Waals surface area contributed by atoms with Gasteiger partial charge in [-0.15, -0.1) is 10.2 Å². The lowest BCUT2D eigenvalue weighted by Gasteiger charge is -2.41. The predicted octanol–water partition coefficient (Wildman–Crippen LogP) is 1.05. The van der Waals surface area contributed by atoms with Crippen LogP contribution in [0.4, 0.5) is 0 Å². The zero-order valence-corrected chi connectivity index (χ0v) is 13.0. The smallest absolute Gasteiger partial charge is 0.242 e. The highest BCUT2D eigenvalue weighted by Gasteiger charge is 2.39. The number of amides is 1. The average molecular weight is 291 g/mol. The van der Waals surface area contributed by atoms with E-state index in [9.17, 15) is 4.79 Å². The van der Waals surface area contributed by atoms with E-state index in [4.69, 9.17) is 0 Å². The molecule has 0 saturated carbocycles. The first kappa shape index (κ1) is 14.5. The Balaban J connectivity index is 1.71. The van der Waals surface area contributed by atoms with Crippen LogP contribution < -0.4 is 5.32 Å². The third kappa shape index (κ3) is 2.81. The summed E-state index contributed by atoms with van der Waals surface area (Å²) in [4.78, 5) is 14.9. The SMILES string of the molecule is Cn1cnnc1C1CCCN(C(=O)C2(C)CCCCN2)C1. The minimum absolute atomic E-state index is 0.258. The minimum Gasteiger partial charge on any atom is -0.340 e. The van der Waals surface area contributed by atoms with E-state index in [0.29, 0.717) is 5.92 Å². The van der Waals surface area contributed by atoms with Crippen LogP contribution >= 0.6 is 0 Å². The summed E-state index contributed by atoms with van der Waals surface area (Å²) in [5.74, 6) is 1.56. The molecule has 0 spiro atoms. The molecule has 3 rings (SSSR count). The molecule has 2 fully saturated rings. The number of hydrogen-bond acceptors (Lipinski definition) is 4. The molecule has 2 aliphatic heterocycles. The lowest BCUT2D eigenvalue weighted by molar-refractivity contribution is -0.140. The molecule has 2 unspecified atom stereocenters. The van der Waals surface area contributed by atoms with E-state index in [1.165, 1.54) is 6.42 Å². The Kier molecular flexibility index (Phi) is 3.97. The monoisotopic (exact) mass is 291 g/mol. The number of aromatic nitrogens is 3. The van der Waals surface area contributed by atoms with E-state index < -0.39 is 0 Å². The van der Waals surface area contributed by atoms with Crippen LogP contribution in [0.25, 0.3) is 0 Å². The van der Waals surface area contributed by atoms with Crippen molar-refractivity contribution >= 4 is 5.91 Å². The van der Waals surface area contributed by atoms with Crippen molar-refractivity contribution in [2.75, 3.05) is 19.6 Å². The zero-order chi connectivity index (χ0) is 14.9. The largest absolute Gasteiger partial charge is 0.340 e. The Bertz CT molecular complexity index is 506. The molecule has 21 heavy (non-hydrogen) atoms. The number of hydrogen-bond donors (Lipinski definition) is 1. The van der Waals surface area contributed by atoms with Gasteiger partial charge in [-0.3, -0.25) is 4.79 Å².